The molecule has 2 N–H and O–H groups in total. The molecule has 1 aliphatic carbocycles. The zero-order chi connectivity index (χ0) is 11.8. The molecule has 0 aromatic heterocycles. The molecule has 0 radical (unpaired) electrons. The molecule has 2 unspecified atom stereocenters. The van der Waals surface area contributed by atoms with E-state index in [1.165, 1.54) is 12.8 Å². The van der Waals surface area contributed by atoms with Crippen LogP contribution in [0.4, 0.5) is 5.69 Å². The van der Waals surface area contributed by atoms with Crippen LogP contribution in [0.25, 0.3) is 0 Å². The second-order valence-corrected chi connectivity index (χ2v) is 4.71. The predicted octanol–water partition coefficient (Wildman–Crippen LogP) is 2.50. The van der Waals surface area contributed by atoms with Gasteiger partial charge in [-0.1, -0.05) is 6.42 Å². The summed E-state index contributed by atoms with van der Waals surface area (Å²) >= 11 is 0. The van der Waals surface area contributed by atoms with Crippen molar-refractivity contribution in [3.05, 3.63) is 23.8 Å². The van der Waals surface area contributed by atoms with Crippen molar-refractivity contribution >= 4 is 11.7 Å². The molecule has 1 fully saturated rings. The Bertz CT molecular complexity index is 458. The third-order valence-electron chi connectivity index (χ3n) is 3.55. The second-order valence-electron chi connectivity index (χ2n) is 4.71. The first-order valence-electron chi connectivity index (χ1n) is 6.04. The number of hydrogen-bond acceptors (Lipinski definition) is 3. The van der Waals surface area contributed by atoms with Gasteiger partial charge >= 0.3 is 5.97 Å². The number of hydrogen-bond donors (Lipinski definition) is 2. The van der Waals surface area contributed by atoms with Crippen LogP contribution in [0.1, 0.15) is 36.0 Å². The summed E-state index contributed by atoms with van der Waals surface area (Å²) in [6, 6.07) is 5.40. The lowest BCUT2D eigenvalue weighted by Crippen LogP contribution is -2.43. The van der Waals surface area contributed by atoms with Crippen LogP contribution < -0.4 is 10.1 Å². The van der Waals surface area contributed by atoms with Gasteiger partial charge in [0.25, 0.3) is 0 Å². The largest absolute Gasteiger partial charge is 0.486 e. The summed E-state index contributed by atoms with van der Waals surface area (Å²) < 4.78 is 5.90. The molecule has 0 spiro atoms. The molecule has 90 valence electrons. The first kappa shape index (κ1) is 10.4. The molecular weight excluding hydrogens is 218 g/mol. The predicted molar refractivity (Wildman–Crippen MR) is 63.7 cm³/mol. The molecule has 1 heterocycles. The third-order valence-corrected chi connectivity index (χ3v) is 3.55. The van der Waals surface area contributed by atoms with Crippen LogP contribution in [0, 0.1) is 0 Å². The number of carboxylic acids is 1. The van der Waals surface area contributed by atoms with E-state index in [0.29, 0.717) is 11.8 Å². The van der Waals surface area contributed by atoms with Crippen LogP contribution >= 0.6 is 0 Å². The van der Waals surface area contributed by atoms with Gasteiger partial charge in [-0.05, 0) is 37.5 Å². The molecule has 1 aromatic carbocycles. The number of aromatic carboxylic acids is 1. The first-order chi connectivity index (χ1) is 8.24. The van der Waals surface area contributed by atoms with E-state index in [0.717, 1.165) is 18.5 Å². The number of fused-ring (bicyclic) bond motifs is 2. The number of carbonyl (C=O) groups is 1. The zero-order valence-corrected chi connectivity index (χ0v) is 9.48. The smallest absolute Gasteiger partial charge is 0.335 e. The molecular formula is C13H15NO3. The first-order valence-corrected chi connectivity index (χ1v) is 6.04. The van der Waals surface area contributed by atoms with Crippen LogP contribution in [-0.4, -0.2) is 23.2 Å². The van der Waals surface area contributed by atoms with Gasteiger partial charge in [0.2, 0.25) is 0 Å². The van der Waals surface area contributed by atoms with Gasteiger partial charge < -0.3 is 15.2 Å². The van der Waals surface area contributed by atoms with E-state index >= 15 is 0 Å². The normalized spacial score (nSPS) is 26.1. The Morgan fingerprint density at radius 3 is 3.00 bits per heavy atom. The van der Waals surface area contributed by atoms with E-state index < -0.39 is 5.97 Å². The van der Waals surface area contributed by atoms with E-state index in [-0.39, 0.29) is 11.7 Å². The van der Waals surface area contributed by atoms with E-state index in [1.54, 1.807) is 18.2 Å². The number of benzene rings is 1. The van der Waals surface area contributed by atoms with Gasteiger partial charge in [-0.15, -0.1) is 0 Å². The number of ether oxygens (including phenoxy) is 1. The summed E-state index contributed by atoms with van der Waals surface area (Å²) in [5.74, 6) is -0.241. The quantitative estimate of drug-likeness (QED) is 0.782. The summed E-state index contributed by atoms with van der Waals surface area (Å²) in [6.07, 6.45) is 4.80. The van der Waals surface area contributed by atoms with Crippen LogP contribution in [-0.2, 0) is 0 Å². The number of carboxylic acid groups (broad SMARTS) is 1. The lowest BCUT2D eigenvalue weighted by Gasteiger charge is -2.38. The molecule has 0 saturated heterocycles. The minimum Gasteiger partial charge on any atom is -0.486 e. The van der Waals surface area contributed by atoms with Gasteiger partial charge in [0.05, 0.1) is 17.3 Å². The highest BCUT2D eigenvalue weighted by Crippen LogP contribution is 2.36. The Hall–Kier alpha value is -1.71. The van der Waals surface area contributed by atoms with E-state index in [9.17, 15) is 4.79 Å². The summed E-state index contributed by atoms with van der Waals surface area (Å²) in [5, 5.41) is 12.4. The molecule has 0 amide bonds. The van der Waals surface area contributed by atoms with Crippen molar-refractivity contribution in [2.45, 2.75) is 37.8 Å². The molecule has 0 bridgehead atoms. The van der Waals surface area contributed by atoms with E-state index in [2.05, 4.69) is 5.32 Å². The Morgan fingerprint density at radius 2 is 2.18 bits per heavy atom. The van der Waals surface area contributed by atoms with Crippen LogP contribution in [0.2, 0.25) is 0 Å². The van der Waals surface area contributed by atoms with Crippen molar-refractivity contribution < 1.29 is 14.6 Å². The maximum absolute atomic E-state index is 10.9. The zero-order valence-electron chi connectivity index (χ0n) is 9.48. The highest BCUT2D eigenvalue weighted by Gasteiger charge is 2.31. The molecule has 1 saturated carbocycles. The molecule has 3 rings (SSSR count). The van der Waals surface area contributed by atoms with Crippen LogP contribution in [0.15, 0.2) is 18.2 Å². The van der Waals surface area contributed by atoms with Crippen molar-refractivity contribution in [1.82, 2.24) is 0 Å². The van der Waals surface area contributed by atoms with Gasteiger partial charge in [0.15, 0.2) is 0 Å². The maximum Gasteiger partial charge on any atom is 0.335 e. The fourth-order valence-electron chi connectivity index (χ4n) is 2.64. The van der Waals surface area contributed by atoms with Crippen molar-refractivity contribution in [2.75, 3.05) is 5.32 Å². The topological polar surface area (TPSA) is 58.6 Å². The van der Waals surface area contributed by atoms with Gasteiger partial charge in [-0.25, -0.2) is 4.79 Å². The number of rotatable bonds is 1. The summed E-state index contributed by atoms with van der Waals surface area (Å²) in [5.41, 5.74) is 1.19. The molecule has 4 nitrogen and oxygen atoms in total. The molecule has 2 aliphatic rings. The van der Waals surface area contributed by atoms with Gasteiger partial charge in [-0.3, -0.25) is 0 Å². The SMILES string of the molecule is O=C(O)c1ccc2c(c1)OC1CCCCC1N2. The Labute approximate surface area is 99.6 Å². The highest BCUT2D eigenvalue weighted by atomic mass is 16.5. The number of nitrogens with one attached hydrogen (secondary N) is 1. The van der Waals surface area contributed by atoms with Crippen LogP contribution in [0.5, 0.6) is 5.75 Å². The monoisotopic (exact) mass is 233 g/mol. The van der Waals surface area contributed by atoms with Crippen molar-refractivity contribution in [3.63, 3.8) is 0 Å². The molecule has 2 atom stereocenters. The lowest BCUT2D eigenvalue weighted by atomic mass is 9.91. The third kappa shape index (κ3) is 1.84. The highest BCUT2D eigenvalue weighted by molar-refractivity contribution is 5.89. The Kier molecular flexibility index (Phi) is 2.42. The summed E-state index contributed by atoms with van der Waals surface area (Å²) in [7, 11) is 0. The van der Waals surface area contributed by atoms with E-state index in [4.69, 9.17) is 9.84 Å². The van der Waals surface area contributed by atoms with Crippen LogP contribution in [0.3, 0.4) is 0 Å². The standard InChI is InChI=1S/C13H15NO3/c15-13(16)8-5-6-10-12(7-8)17-11-4-2-1-3-9(11)14-10/h5-7,9,11,14H,1-4H2,(H,15,16). The summed E-state index contributed by atoms with van der Waals surface area (Å²) in [6.45, 7) is 0. The fraction of sp³-hybridized carbons (Fsp3) is 0.462. The van der Waals surface area contributed by atoms with Crippen molar-refractivity contribution in [2.24, 2.45) is 0 Å². The number of anilines is 1. The maximum atomic E-state index is 10.9. The minimum atomic E-state index is -0.915. The average molecular weight is 233 g/mol. The average Bonchev–Trinajstić information content (AvgIpc) is 2.35. The lowest BCUT2D eigenvalue weighted by molar-refractivity contribution is 0.0695. The van der Waals surface area contributed by atoms with Crippen molar-refractivity contribution in [3.8, 4) is 5.75 Å². The van der Waals surface area contributed by atoms with Gasteiger partial charge in [-0.2, -0.15) is 0 Å². The molecule has 17 heavy (non-hydrogen) atoms. The van der Waals surface area contributed by atoms with E-state index in [1.807, 2.05) is 0 Å². The molecule has 1 aromatic rings. The Morgan fingerprint density at radius 1 is 1.35 bits per heavy atom. The van der Waals surface area contributed by atoms with Gasteiger partial charge in [0.1, 0.15) is 11.9 Å². The van der Waals surface area contributed by atoms with Gasteiger partial charge in [0, 0.05) is 0 Å². The Balaban J connectivity index is 1.91. The summed E-state index contributed by atoms with van der Waals surface area (Å²) in [4.78, 5) is 10.9. The minimum absolute atomic E-state index is 0.195. The fourth-order valence-corrected chi connectivity index (χ4v) is 2.64. The molecule has 1 aliphatic heterocycles. The van der Waals surface area contributed by atoms with Crippen molar-refractivity contribution in [1.29, 1.82) is 0 Å². The second kappa shape index (κ2) is 3.95. The molecule has 4 heteroatoms.